The first kappa shape index (κ1) is 24.1. The molecular formula is C24H27FN6O4. The van der Waals surface area contributed by atoms with Crippen molar-refractivity contribution in [1.82, 2.24) is 9.97 Å². The number of amidine groups is 1. The molecule has 184 valence electrons. The fraction of sp³-hybridized carbons (Fsp3) is 0.333. The van der Waals surface area contributed by atoms with E-state index in [9.17, 15) is 14.3 Å². The number of halogens is 1. The van der Waals surface area contributed by atoms with Crippen LogP contribution < -0.4 is 15.5 Å². The Morgan fingerprint density at radius 2 is 2.17 bits per heavy atom. The molecule has 4 rings (SSSR count). The molecule has 0 aliphatic carbocycles. The van der Waals surface area contributed by atoms with Gasteiger partial charge >= 0.3 is 6.01 Å². The van der Waals surface area contributed by atoms with Crippen molar-refractivity contribution in [3.8, 4) is 11.5 Å². The maximum atomic E-state index is 13.5. The summed E-state index contributed by atoms with van der Waals surface area (Å²) in [6.07, 6.45) is 4.07. The number of carbonyl (C=O) groups excluding carboxylic acids is 1. The van der Waals surface area contributed by atoms with Crippen LogP contribution in [0.25, 0.3) is 11.5 Å². The molecule has 11 heteroatoms. The Balaban J connectivity index is 1.50. The second-order valence-electron chi connectivity index (χ2n) is 8.06. The van der Waals surface area contributed by atoms with Gasteiger partial charge in [-0.15, -0.1) is 0 Å². The average Bonchev–Trinajstić information content (AvgIpc) is 3.32. The van der Waals surface area contributed by atoms with Gasteiger partial charge in [-0.05, 0) is 55.7 Å². The summed E-state index contributed by atoms with van der Waals surface area (Å²) >= 11 is 0. The van der Waals surface area contributed by atoms with Crippen molar-refractivity contribution in [2.45, 2.75) is 32.5 Å². The third-order valence-electron chi connectivity index (χ3n) is 5.44. The summed E-state index contributed by atoms with van der Waals surface area (Å²) in [5.74, 6) is -0.0698. The predicted octanol–water partition coefficient (Wildman–Crippen LogP) is 3.80. The highest BCUT2D eigenvalue weighted by Crippen LogP contribution is 2.26. The van der Waals surface area contributed by atoms with Gasteiger partial charge < -0.3 is 24.5 Å². The van der Waals surface area contributed by atoms with E-state index in [-0.39, 0.29) is 12.0 Å². The number of oxazole rings is 1. The van der Waals surface area contributed by atoms with E-state index >= 15 is 0 Å². The third kappa shape index (κ3) is 6.12. The zero-order chi connectivity index (χ0) is 24.8. The predicted molar refractivity (Wildman–Crippen MR) is 129 cm³/mol. The van der Waals surface area contributed by atoms with Crippen LogP contribution in [0.15, 0.2) is 47.1 Å². The number of pyridine rings is 1. The number of rotatable bonds is 7. The second kappa shape index (κ2) is 11.0. The lowest BCUT2D eigenvalue weighted by atomic mass is 10.0. The van der Waals surface area contributed by atoms with E-state index in [1.165, 1.54) is 18.5 Å². The van der Waals surface area contributed by atoms with E-state index < -0.39 is 18.7 Å². The van der Waals surface area contributed by atoms with Gasteiger partial charge in [0.25, 0.3) is 11.9 Å². The van der Waals surface area contributed by atoms with Gasteiger partial charge in [0.15, 0.2) is 5.76 Å². The summed E-state index contributed by atoms with van der Waals surface area (Å²) in [6.45, 7) is 2.57. The number of aliphatic hydroxyl groups is 1. The summed E-state index contributed by atoms with van der Waals surface area (Å²) in [7, 11) is 0. The van der Waals surface area contributed by atoms with Crippen LogP contribution in [0.5, 0.6) is 0 Å². The summed E-state index contributed by atoms with van der Waals surface area (Å²) in [4.78, 5) is 23.3. The van der Waals surface area contributed by atoms with Gasteiger partial charge in [0.1, 0.15) is 12.4 Å². The average molecular weight is 483 g/mol. The molecule has 3 aromatic rings. The van der Waals surface area contributed by atoms with Crippen LogP contribution >= 0.6 is 0 Å². The van der Waals surface area contributed by atoms with Gasteiger partial charge in [-0.3, -0.25) is 20.5 Å². The summed E-state index contributed by atoms with van der Waals surface area (Å²) in [5, 5.41) is 23.0. The van der Waals surface area contributed by atoms with Gasteiger partial charge in [0, 0.05) is 36.2 Å². The van der Waals surface area contributed by atoms with E-state index in [1.54, 1.807) is 31.2 Å². The van der Waals surface area contributed by atoms with Crippen LogP contribution in [-0.2, 0) is 11.4 Å². The van der Waals surface area contributed by atoms with E-state index in [0.29, 0.717) is 47.1 Å². The van der Waals surface area contributed by atoms with Crippen molar-refractivity contribution in [2.75, 3.05) is 35.2 Å². The third-order valence-corrected chi connectivity index (χ3v) is 5.44. The van der Waals surface area contributed by atoms with Crippen LogP contribution in [0.1, 0.15) is 35.7 Å². The number of aliphatic hydroxyl groups excluding tert-OH is 1. The Morgan fingerprint density at radius 1 is 1.31 bits per heavy atom. The number of anilines is 3. The molecule has 0 spiro atoms. The molecule has 1 amide bonds. The van der Waals surface area contributed by atoms with Crippen LogP contribution in [0, 0.1) is 5.41 Å². The largest absolute Gasteiger partial charge is 0.465 e. The minimum atomic E-state index is -0.702. The number of benzene rings is 1. The zero-order valence-electron chi connectivity index (χ0n) is 19.3. The van der Waals surface area contributed by atoms with Gasteiger partial charge in [-0.25, -0.2) is 9.37 Å². The first-order chi connectivity index (χ1) is 16.9. The summed E-state index contributed by atoms with van der Waals surface area (Å²) in [6, 6.07) is 8.07. The zero-order valence-corrected chi connectivity index (χ0v) is 19.3. The van der Waals surface area contributed by atoms with Crippen LogP contribution in [0.4, 0.5) is 21.8 Å². The molecule has 3 heterocycles. The molecule has 0 radical (unpaired) electrons. The van der Waals surface area contributed by atoms with E-state index in [4.69, 9.17) is 14.6 Å². The van der Waals surface area contributed by atoms with E-state index in [0.717, 1.165) is 19.4 Å². The van der Waals surface area contributed by atoms with Gasteiger partial charge in [0.2, 0.25) is 0 Å². The van der Waals surface area contributed by atoms with Crippen LogP contribution in [-0.4, -0.2) is 52.8 Å². The molecule has 4 N–H and O–H groups in total. The molecule has 35 heavy (non-hydrogen) atoms. The Labute approximate surface area is 201 Å². The molecule has 1 aromatic carbocycles. The number of hydrogen-bond donors (Lipinski definition) is 4. The molecule has 2 aromatic heterocycles. The maximum Gasteiger partial charge on any atom is 0.303 e. The molecule has 0 bridgehead atoms. The number of aromatic nitrogens is 2. The van der Waals surface area contributed by atoms with Crippen molar-refractivity contribution >= 4 is 29.3 Å². The summed E-state index contributed by atoms with van der Waals surface area (Å²) in [5.41, 5.74) is 2.30. The monoisotopic (exact) mass is 482 g/mol. The van der Waals surface area contributed by atoms with Crippen molar-refractivity contribution < 1.29 is 23.4 Å². The van der Waals surface area contributed by atoms with E-state index in [1.807, 2.05) is 4.90 Å². The molecule has 1 fully saturated rings. The Hall–Kier alpha value is -3.99. The number of ether oxygens (including phenoxy) is 1. The van der Waals surface area contributed by atoms with Crippen molar-refractivity contribution in [3.05, 3.63) is 53.9 Å². The standard InChI is InChI=1S/C24H27FN6O4/c1-2-34-23(26)30-24-28-13-21(35-24)20-11-17(5-6-27-20)29-22(33)16-8-15(12-25)9-18(10-16)31-7-3-4-19(32)14-31/h5-6,8-11,13,19,32H,2-4,7,12,14H2,1H3,(H2,26,28,30)(H,27,29,33)/t19-/m0/s1. The SMILES string of the molecule is CCOC(=N)Nc1ncc(-c2cc(NC(=O)c3cc(CF)cc(N4CCC[C@H](O)C4)c3)ccn2)o1. The van der Waals surface area contributed by atoms with Gasteiger partial charge in [-0.2, -0.15) is 0 Å². The smallest absolute Gasteiger partial charge is 0.303 e. The lowest BCUT2D eigenvalue weighted by Gasteiger charge is -2.32. The van der Waals surface area contributed by atoms with Gasteiger partial charge in [0.05, 0.1) is 18.9 Å². The van der Waals surface area contributed by atoms with Crippen molar-refractivity contribution in [2.24, 2.45) is 0 Å². The number of nitrogens with one attached hydrogen (secondary N) is 3. The molecular weight excluding hydrogens is 455 g/mol. The molecule has 10 nitrogen and oxygen atoms in total. The Morgan fingerprint density at radius 3 is 2.94 bits per heavy atom. The fourth-order valence-electron chi connectivity index (χ4n) is 3.83. The fourth-order valence-corrected chi connectivity index (χ4v) is 3.83. The number of alkyl halides is 1. The van der Waals surface area contributed by atoms with Crippen molar-refractivity contribution in [1.29, 1.82) is 5.41 Å². The number of nitrogens with zero attached hydrogens (tertiary/aromatic N) is 3. The van der Waals surface area contributed by atoms with E-state index in [2.05, 4.69) is 20.6 Å². The lowest BCUT2D eigenvalue weighted by Crippen LogP contribution is -2.38. The molecule has 1 aliphatic rings. The number of amides is 1. The quantitative estimate of drug-likeness (QED) is 0.295. The van der Waals surface area contributed by atoms with Gasteiger partial charge in [-0.1, -0.05) is 0 Å². The topological polar surface area (TPSA) is 137 Å². The molecule has 1 saturated heterocycles. The number of β-amino-alcohol motifs (C(OH)–C–C–N with tert-alkyl or cyclic N) is 1. The highest BCUT2D eigenvalue weighted by Gasteiger charge is 2.20. The Kier molecular flexibility index (Phi) is 7.56. The molecule has 0 saturated carbocycles. The van der Waals surface area contributed by atoms with Crippen LogP contribution in [0.2, 0.25) is 0 Å². The highest BCUT2D eigenvalue weighted by molar-refractivity contribution is 6.05. The molecule has 0 unspecified atom stereocenters. The molecule has 1 aliphatic heterocycles. The maximum absolute atomic E-state index is 13.5. The lowest BCUT2D eigenvalue weighted by molar-refractivity contribution is 0.102. The van der Waals surface area contributed by atoms with Crippen LogP contribution in [0.3, 0.4) is 0 Å². The minimum Gasteiger partial charge on any atom is -0.465 e. The number of carbonyl (C=O) groups is 1. The first-order valence-corrected chi connectivity index (χ1v) is 11.3. The second-order valence-corrected chi connectivity index (χ2v) is 8.06. The van der Waals surface area contributed by atoms with Crippen molar-refractivity contribution in [3.63, 3.8) is 0 Å². The Bertz CT molecular complexity index is 1200. The number of piperidine rings is 1. The number of hydrogen-bond acceptors (Lipinski definition) is 8. The highest BCUT2D eigenvalue weighted by atomic mass is 19.1. The first-order valence-electron chi connectivity index (χ1n) is 11.3. The summed E-state index contributed by atoms with van der Waals surface area (Å²) < 4.78 is 24.1. The normalized spacial score (nSPS) is 15.5. The molecule has 1 atom stereocenters. The minimum absolute atomic E-state index is 0.0769.